The van der Waals surface area contributed by atoms with Crippen LogP contribution >= 0.6 is 11.6 Å². The van der Waals surface area contributed by atoms with Gasteiger partial charge in [0, 0.05) is 18.8 Å². The van der Waals surface area contributed by atoms with Crippen molar-refractivity contribution in [3.8, 4) is 0 Å². The molecule has 2 nitrogen and oxygen atoms in total. The third-order valence-corrected chi connectivity index (χ3v) is 3.35. The molecule has 0 saturated heterocycles. The summed E-state index contributed by atoms with van der Waals surface area (Å²) in [5, 5.41) is 7.52. The number of halogens is 1. The zero-order chi connectivity index (χ0) is 13.7. The fourth-order valence-electron chi connectivity index (χ4n) is 1.93. The molecular formula is C16H19ClN2. The van der Waals surface area contributed by atoms with Gasteiger partial charge in [0.25, 0.3) is 0 Å². The van der Waals surface area contributed by atoms with E-state index in [4.69, 9.17) is 11.6 Å². The Labute approximate surface area is 119 Å². The van der Waals surface area contributed by atoms with Crippen LogP contribution in [0.1, 0.15) is 11.1 Å². The maximum absolute atomic E-state index is 6.08. The molecule has 0 aromatic heterocycles. The molecule has 0 unspecified atom stereocenters. The van der Waals surface area contributed by atoms with Gasteiger partial charge in [-0.1, -0.05) is 35.9 Å². The monoisotopic (exact) mass is 274 g/mol. The van der Waals surface area contributed by atoms with Gasteiger partial charge < -0.3 is 10.6 Å². The van der Waals surface area contributed by atoms with E-state index >= 15 is 0 Å². The summed E-state index contributed by atoms with van der Waals surface area (Å²) in [5.41, 5.74) is 4.71. The van der Waals surface area contributed by atoms with Gasteiger partial charge in [-0.3, -0.25) is 0 Å². The Balaban J connectivity index is 1.84. The number of aryl methyl sites for hydroxylation is 2. The molecule has 3 heteroatoms. The lowest BCUT2D eigenvalue weighted by Crippen LogP contribution is -2.14. The number of para-hydroxylation sites is 1. The predicted octanol–water partition coefficient (Wildman–Crippen LogP) is 4.48. The maximum atomic E-state index is 6.08. The standard InChI is InChI=1S/C16H19ClN2/c1-12-7-8-13(2)16(11-12)19-10-9-18-15-6-4-3-5-14(15)17/h3-8,11,18-19H,9-10H2,1-2H3. The number of benzene rings is 2. The topological polar surface area (TPSA) is 24.1 Å². The first kappa shape index (κ1) is 13.8. The molecule has 0 bridgehead atoms. The van der Waals surface area contributed by atoms with Gasteiger partial charge in [-0.05, 0) is 43.2 Å². The summed E-state index contributed by atoms with van der Waals surface area (Å²) in [5.74, 6) is 0. The van der Waals surface area contributed by atoms with E-state index in [-0.39, 0.29) is 0 Å². The fourth-order valence-corrected chi connectivity index (χ4v) is 2.13. The fraction of sp³-hybridized carbons (Fsp3) is 0.250. The Morgan fingerprint density at radius 1 is 0.895 bits per heavy atom. The van der Waals surface area contributed by atoms with E-state index in [1.165, 1.54) is 16.8 Å². The second-order valence-electron chi connectivity index (χ2n) is 4.65. The lowest BCUT2D eigenvalue weighted by Gasteiger charge is -2.12. The number of nitrogens with one attached hydrogen (secondary N) is 2. The normalized spacial score (nSPS) is 10.3. The van der Waals surface area contributed by atoms with Gasteiger partial charge in [-0.2, -0.15) is 0 Å². The molecule has 19 heavy (non-hydrogen) atoms. The zero-order valence-corrected chi connectivity index (χ0v) is 12.1. The third-order valence-electron chi connectivity index (χ3n) is 3.02. The second-order valence-corrected chi connectivity index (χ2v) is 5.06. The van der Waals surface area contributed by atoms with Crippen LogP contribution in [0.5, 0.6) is 0 Å². The third kappa shape index (κ3) is 3.90. The Kier molecular flexibility index (Phi) is 4.69. The van der Waals surface area contributed by atoms with E-state index in [0.717, 1.165) is 23.8 Å². The summed E-state index contributed by atoms with van der Waals surface area (Å²) in [6, 6.07) is 14.2. The first-order valence-electron chi connectivity index (χ1n) is 6.46. The van der Waals surface area contributed by atoms with Crippen LogP contribution in [0.3, 0.4) is 0 Å². The van der Waals surface area contributed by atoms with Gasteiger partial charge in [-0.15, -0.1) is 0 Å². The minimum atomic E-state index is 0.759. The highest BCUT2D eigenvalue weighted by molar-refractivity contribution is 6.33. The SMILES string of the molecule is Cc1ccc(C)c(NCCNc2ccccc2Cl)c1. The highest BCUT2D eigenvalue weighted by Crippen LogP contribution is 2.20. The first-order valence-corrected chi connectivity index (χ1v) is 6.84. The average molecular weight is 275 g/mol. The highest BCUT2D eigenvalue weighted by atomic mass is 35.5. The van der Waals surface area contributed by atoms with Crippen molar-refractivity contribution in [2.24, 2.45) is 0 Å². The molecule has 0 heterocycles. The van der Waals surface area contributed by atoms with E-state index in [1.54, 1.807) is 0 Å². The van der Waals surface area contributed by atoms with Gasteiger partial charge in [0.1, 0.15) is 0 Å². The van der Waals surface area contributed by atoms with Crippen molar-refractivity contribution < 1.29 is 0 Å². The number of hydrogen-bond acceptors (Lipinski definition) is 2. The minimum absolute atomic E-state index is 0.759. The van der Waals surface area contributed by atoms with Crippen molar-refractivity contribution in [3.63, 3.8) is 0 Å². The Bertz CT molecular complexity index is 552. The largest absolute Gasteiger partial charge is 0.383 e. The molecule has 0 radical (unpaired) electrons. The molecule has 0 spiro atoms. The summed E-state index contributed by atoms with van der Waals surface area (Å²) >= 11 is 6.08. The summed E-state index contributed by atoms with van der Waals surface area (Å²) in [6.07, 6.45) is 0. The average Bonchev–Trinajstić information content (AvgIpc) is 2.40. The van der Waals surface area contributed by atoms with E-state index in [2.05, 4.69) is 42.7 Å². The van der Waals surface area contributed by atoms with E-state index < -0.39 is 0 Å². The molecule has 2 rings (SSSR count). The van der Waals surface area contributed by atoms with Crippen LogP contribution in [0.4, 0.5) is 11.4 Å². The predicted molar refractivity (Wildman–Crippen MR) is 84.3 cm³/mol. The summed E-state index contributed by atoms with van der Waals surface area (Å²) in [7, 11) is 0. The zero-order valence-electron chi connectivity index (χ0n) is 11.3. The maximum Gasteiger partial charge on any atom is 0.0637 e. The van der Waals surface area contributed by atoms with Crippen molar-refractivity contribution in [2.45, 2.75) is 13.8 Å². The Morgan fingerprint density at radius 3 is 2.32 bits per heavy atom. The van der Waals surface area contributed by atoms with Crippen LogP contribution in [0.25, 0.3) is 0 Å². The van der Waals surface area contributed by atoms with Crippen LogP contribution in [0.15, 0.2) is 42.5 Å². The minimum Gasteiger partial charge on any atom is -0.383 e. The van der Waals surface area contributed by atoms with Crippen LogP contribution in [-0.2, 0) is 0 Å². The summed E-state index contributed by atoms with van der Waals surface area (Å²) in [6.45, 7) is 5.91. The molecule has 100 valence electrons. The molecule has 0 saturated carbocycles. The smallest absolute Gasteiger partial charge is 0.0637 e. The van der Waals surface area contributed by atoms with E-state index in [0.29, 0.717) is 0 Å². The molecule has 2 aromatic carbocycles. The van der Waals surface area contributed by atoms with Crippen molar-refractivity contribution in [2.75, 3.05) is 23.7 Å². The molecule has 2 N–H and O–H groups in total. The van der Waals surface area contributed by atoms with Crippen molar-refractivity contribution in [3.05, 3.63) is 58.6 Å². The van der Waals surface area contributed by atoms with Crippen LogP contribution in [-0.4, -0.2) is 13.1 Å². The van der Waals surface area contributed by atoms with Crippen molar-refractivity contribution in [1.82, 2.24) is 0 Å². The van der Waals surface area contributed by atoms with Crippen LogP contribution in [0, 0.1) is 13.8 Å². The highest BCUT2D eigenvalue weighted by Gasteiger charge is 1.99. The van der Waals surface area contributed by atoms with E-state index in [9.17, 15) is 0 Å². The van der Waals surface area contributed by atoms with Gasteiger partial charge >= 0.3 is 0 Å². The molecule has 0 atom stereocenters. The van der Waals surface area contributed by atoms with Gasteiger partial charge in [0.15, 0.2) is 0 Å². The lowest BCUT2D eigenvalue weighted by atomic mass is 10.1. The molecule has 2 aromatic rings. The number of anilines is 2. The summed E-state index contributed by atoms with van der Waals surface area (Å²) < 4.78 is 0. The van der Waals surface area contributed by atoms with Gasteiger partial charge in [0.05, 0.1) is 10.7 Å². The molecule has 0 aliphatic heterocycles. The quantitative estimate of drug-likeness (QED) is 0.786. The lowest BCUT2D eigenvalue weighted by molar-refractivity contribution is 1.07. The molecule has 0 amide bonds. The van der Waals surface area contributed by atoms with Crippen LogP contribution in [0.2, 0.25) is 5.02 Å². The van der Waals surface area contributed by atoms with Crippen molar-refractivity contribution >= 4 is 23.0 Å². The van der Waals surface area contributed by atoms with Gasteiger partial charge in [-0.25, -0.2) is 0 Å². The Hall–Kier alpha value is -1.67. The van der Waals surface area contributed by atoms with Gasteiger partial charge in [0.2, 0.25) is 0 Å². The molecule has 0 aliphatic carbocycles. The second kappa shape index (κ2) is 6.48. The number of rotatable bonds is 5. The molecule has 0 aliphatic rings. The summed E-state index contributed by atoms with van der Waals surface area (Å²) in [4.78, 5) is 0. The van der Waals surface area contributed by atoms with E-state index in [1.807, 2.05) is 24.3 Å². The molecular weight excluding hydrogens is 256 g/mol. The number of hydrogen-bond donors (Lipinski definition) is 2. The first-order chi connectivity index (χ1) is 9.16. The molecule has 0 fully saturated rings. The Morgan fingerprint density at radius 2 is 1.58 bits per heavy atom. The van der Waals surface area contributed by atoms with Crippen molar-refractivity contribution in [1.29, 1.82) is 0 Å². The van der Waals surface area contributed by atoms with Crippen LogP contribution < -0.4 is 10.6 Å².